The number of hydrogen-bond acceptors (Lipinski definition) is 5. The van der Waals surface area contributed by atoms with Crippen LogP contribution in [-0.2, 0) is 11.3 Å². The van der Waals surface area contributed by atoms with Gasteiger partial charge in [-0.05, 0) is 25.8 Å². The molecule has 0 spiro atoms. The second-order valence-electron chi connectivity index (χ2n) is 6.26. The lowest BCUT2D eigenvalue weighted by atomic mass is 10.2. The van der Waals surface area contributed by atoms with Crippen molar-refractivity contribution in [3.05, 3.63) is 33.4 Å². The van der Waals surface area contributed by atoms with Crippen molar-refractivity contribution in [2.45, 2.75) is 58.2 Å². The summed E-state index contributed by atoms with van der Waals surface area (Å²) in [5.74, 6) is 0.233. The fraction of sp³-hybridized carbons (Fsp3) is 0.526. The van der Waals surface area contributed by atoms with E-state index in [-0.39, 0.29) is 17.2 Å². The lowest BCUT2D eigenvalue weighted by molar-refractivity contribution is -0.118. The number of allylic oxidation sites excluding steroid dienone is 1. The molecular formula is C19H27N3O2S2. The predicted molar refractivity (Wildman–Crippen MR) is 111 cm³/mol. The molecule has 0 saturated carbocycles. The molecule has 2 rings (SSSR count). The number of thiophene rings is 1. The molecular weight excluding hydrogens is 366 g/mol. The number of hydrogen-bond donors (Lipinski definition) is 1. The average molecular weight is 394 g/mol. The highest BCUT2D eigenvalue weighted by Crippen LogP contribution is 2.28. The van der Waals surface area contributed by atoms with Crippen LogP contribution in [0, 0.1) is 13.8 Å². The van der Waals surface area contributed by atoms with Crippen LogP contribution in [0.25, 0.3) is 10.2 Å². The topological polar surface area (TPSA) is 64.0 Å². The van der Waals surface area contributed by atoms with Crippen LogP contribution in [0.5, 0.6) is 0 Å². The van der Waals surface area contributed by atoms with E-state index in [1.807, 2.05) is 13.8 Å². The summed E-state index contributed by atoms with van der Waals surface area (Å²) in [6.07, 6.45) is 6.20. The molecule has 2 aromatic heterocycles. The molecule has 26 heavy (non-hydrogen) atoms. The van der Waals surface area contributed by atoms with Gasteiger partial charge in [0, 0.05) is 18.0 Å². The molecule has 2 heterocycles. The van der Waals surface area contributed by atoms with Crippen molar-refractivity contribution in [3.63, 3.8) is 0 Å². The predicted octanol–water partition coefficient (Wildman–Crippen LogP) is 4.05. The summed E-state index contributed by atoms with van der Waals surface area (Å²) in [4.78, 5) is 31.4. The number of carbonyl (C=O) groups excluding carboxylic acids is 1. The lowest BCUT2D eigenvalue weighted by Gasteiger charge is -2.10. The number of rotatable bonds is 10. The van der Waals surface area contributed by atoms with Crippen LogP contribution in [0.3, 0.4) is 0 Å². The standard InChI is InChI=1S/C19H27N3O2S2/c1-5-7-8-9-10-20-15(23)12-25-19-21-17-16(13(3)14(4)26-17)18(24)22(19)11-6-2/h6H,2,5,7-12H2,1,3-4H3,(H,20,23). The summed E-state index contributed by atoms with van der Waals surface area (Å²) < 4.78 is 1.60. The van der Waals surface area contributed by atoms with E-state index in [9.17, 15) is 9.59 Å². The van der Waals surface area contributed by atoms with Crippen LogP contribution in [0.2, 0.25) is 0 Å². The van der Waals surface area contributed by atoms with Gasteiger partial charge >= 0.3 is 0 Å². The van der Waals surface area contributed by atoms with Crippen molar-refractivity contribution < 1.29 is 4.79 Å². The van der Waals surface area contributed by atoms with Gasteiger partial charge in [0.1, 0.15) is 4.83 Å². The molecule has 0 bridgehead atoms. The molecule has 5 nitrogen and oxygen atoms in total. The molecule has 0 radical (unpaired) electrons. The van der Waals surface area contributed by atoms with Gasteiger partial charge in [0.15, 0.2) is 5.16 Å². The molecule has 2 aromatic rings. The van der Waals surface area contributed by atoms with E-state index >= 15 is 0 Å². The first kappa shape index (κ1) is 20.7. The number of carbonyl (C=O) groups is 1. The van der Waals surface area contributed by atoms with Gasteiger partial charge in [0.2, 0.25) is 5.91 Å². The summed E-state index contributed by atoms with van der Waals surface area (Å²) in [6, 6.07) is 0. The van der Waals surface area contributed by atoms with Crippen molar-refractivity contribution in [2.75, 3.05) is 12.3 Å². The second kappa shape index (κ2) is 9.92. The van der Waals surface area contributed by atoms with Crippen LogP contribution in [0.15, 0.2) is 22.6 Å². The molecule has 0 saturated heterocycles. The van der Waals surface area contributed by atoms with Crippen LogP contribution in [-0.4, -0.2) is 27.8 Å². The Labute approximate surface area is 162 Å². The molecule has 0 aliphatic heterocycles. The maximum atomic E-state index is 12.9. The fourth-order valence-corrected chi connectivity index (χ4v) is 4.58. The van der Waals surface area contributed by atoms with Crippen molar-refractivity contribution in [3.8, 4) is 0 Å². The van der Waals surface area contributed by atoms with Gasteiger partial charge in [-0.25, -0.2) is 4.98 Å². The van der Waals surface area contributed by atoms with E-state index in [2.05, 4.69) is 23.8 Å². The Morgan fingerprint density at radius 3 is 2.81 bits per heavy atom. The first-order valence-electron chi connectivity index (χ1n) is 9.00. The van der Waals surface area contributed by atoms with Crippen LogP contribution >= 0.6 is 23.1 Å². The summed E-state index contributed by atoms with van der Waals surface area (Å²) in [5.41, 5.74) is 0.931. The monoisotopic (exact) mass is 393 g/mol. The van der Waals surface area contributed by atoms with Crippen LogP contribution in [0.1, 0.15) is 43.0 Å². The highest BCUT2D eigenvalue weighted by molar-refractivity contribution is 7.99. The lowest BCUT2D eigenvalue weighted by Crippen LogP contribution is -2.27. The van der Waals surface area contributed by atoms with Gasteiger partial charge in [0.05, 0.1) is 11.1 Å². The van der Waals surface area contributed by atoms with E-state index in [0.717, 1.165) is 28.1 Å². The zero-order valence-corrected chi connectivity index (χ0v) is 17.4. The summed E-state index contributed by atoms with van der Waals surface area (Å²) in [7, 11) is 0. The minimum atomic E-state index is -0.0563. The number of amides is 1. The Hall–Kier alpha value is -1.60. The summed E-state index contributed by atoms with van der Waals surface area (Å²) in [5, 5.41) is 4.19. The third-order valence-electron chi connectivity index (χ3n) is 4.25. The van der Waals surface area contributed by atoms with E-state index in [1.54, 1.807) is 10.6 Å². The van der Waals surface area contributed by atoms with Gasteiger partial charge in [-0.3, -0.25) is 14.2 Å². The van der Waals surface area contributed by atoms with E-state index in [1.165, 1.54) is 35.9 Å². The molecule has 1 amide bonds. The third-order valence-corrected chi connectivity index (χ3v) is 6.33. The van der Waals surface area contributed by atoms with Crippen molar-refractivity contribution in [1.29, 1.82) is 0 Å². The first-order valence-corrected chi connectivity index (χ1v) is 10.8. The maximum Gasteiger partial charge on any atom is 0.263 e. The smallest absolute Gasteiger partial charge is 0.263 e. The Balaban J connectivity index is 2.11. The third kappa shape index (κ3) is 4.98. The number of aromatic nitrogens is 2. The van der Waals surface area contributed by atoms with E-state index in [4.69, 9.17) is 0 Å². The maximum absolute atomic E-state index is 12.9. The zero-order valence-electron chi connectivity index (χ0n) is 15.8. The van der Waals surface area contributed by atoms with Crippen molar-refractivity contribution >= 4 is 39.2 Å². The van der Waals surface area contributed by atoms with Gasteiger partial charge in [-0.2, -0.15) is 0 Å². The molecule has 0 unspecified atom stereocenters. The number of fused-ring (bicyclic) bond motifs is 1. The number of nitrogens with zero attached hydrogens (tertiary/aromatic N) is 2. The summed E-state index contributed by atoms with van der Waals surface area (Å²) in [6.45, 7) is 10.9. The molecule has 7 heteroatoms. The molecule has 142 valence electrons. The molecule has 1 N–H and O–H groups in total. The van der Waals surface area contributed by atoms with Crippen LogP contribution in [0.4, 0.5) is 0 Å². The highest BCUT2D eigenvalue weighted by Gasteiger charge is 2.17. The minimum absolute atomic E-state index is 0.0236. The van der Waals surface area contributed by atoms with E-state index in [0.29, 0.717) is 23.6 Å². The molecule has 0 aromatic carbocycles. The Bertz CT molecular complexity index is 839. The van der Waals surface area contributed by atoms with Crippen molar-refractivity contribution in [1.82, 2.24) is 14.9 Å². The van der Waals surface area contributed by atoms with Gasteiger partial charge in [0.25, 0.3) is 5.56 Å². The zero-order chi connectivity index (χ0) is 19.1. The number of thioether (sulfide) groups is 1. The number of aryl methyl sites for hydroxylation is 2. The average Bonchev–Trinajstić information content (AvgIpc) is 2.90. The quantitative estimate of drug-likeness (QED) is 0.286. The molecule has 0 aliphatic carbocycles. The van der Waals surface area contributed by atoms with Gasteiger partial charge in [-0.15, -0.1) is 17.9 Å². The van der Waals surface area contributed by atoms with Crippen LogP contribution < -0.4 is 10.9 Å². The van der Waals surface area contributed by atoms with Gasteiger partial charge in [-0.1, -0.05) is 44.0 Å². The Morgan fingerprint density at radius 1 is 1.35 bits per heavy atom. The highest BCUT2D eigenvalue weighted by atomic mass is 32.2. The number of nitrogens with one attached hydrogen (secondary N) is 1. The normalized spacial score (nSPS) is 11.0. The minimum Gasteiger partial charge on any atom is -0.355 e. The molecule has 0 aliphatic rings. The van der Waals surface area contributed by atoms with E-state index < -0.39 is 0 Å². The number of unbranched alkanes of at least 4 members (excludes halogenated alkanes) is 3. The first-order chi connectivity index (χ1) is 12.5. The fourth-order valence-electron chi connectivity index (χ4n) is 2.67. The molecule has 0 atom stereocenters. The Kier molecular flexibility index (Phi) is 7.90. The second-order valence-corrected chi connectivity index (χ2v) is 8.41. The Morgan fingerprint density at radius 2 is 2.12 bits per heavy atom. The largest absolute Gasteiger partial charge is 0.355 e. The van der Waals surface area contributed by atoms with Gasteiger partial charge < -0.3 is 5.32 Å². The summed E-state index contributed by atoms with van der Waals surface area (Å²) >= 11 is 2.83. The van der Waals surface area contributed by atoms with Crippen molar-refractivity contribution in [2.24, 2.45) is 0 Å². The molecule has 0 fully saturated rings. The SMILES string of the molecule is C=CCn1c(SCC(=O)NCCCCCC)nc2sc(C)c(C)c2c1=O.